The lowest BCUT2D eigenvalue weighted by molar-refractivity contribution is -0.137. The molecule has 0 spiro atoms. The standard InChI is InChI=1S/C35H35N3O9S2/c1-3-46-34(42)17-4-7-19(8-5-17)38-32(40)27-20-15-21(28(27)33(38)41)29-26(20)25(30-31(48-29)36-35(43)49-30)18-6-9-22(23(14-18)44-2)47-16-24(39)37-10-12-45-13-11-37/h4-9,14,20-21,25-29H,3,10-13,15-16H2,1-2H3,(H,36,43)/t20-,21-,25-,26?,27?,28?,29?/m1/s1. The van der Waals surface area contributed by atoms with Gasteiger partial charge in [0.1, 0.15) is 0 Å². The van der Waals surface area contributed by atoms with E-state index in [-0.39, 0.29) is 64.7 Å². The molecule has 1 aromatic heterocycles. The molecule has 3 amide bonds. The number of nitrogens with one attached hydrogen (secondary N) is 1. The van der Waals surface area contributed by atoms with Crippen LogP contribution >= 0.6 is 23.1 Å². The molecule has 2 saturated carbocycles. The number of nitrogens with zero attached hydrogens (tertiary/aromatic N) is 2. The van der Waals surface area contributed by atoms with Gasteiger partial charge >= 0.3 is 10.8 Å². The number of anilines is 1. The number of aromatic nitrogens is 1. The van der Waals surface area contributed by atoms with E-state index in [0.29, 0.717) is 49.1 Å². The highest BCUT2D eigenvalue weighted by atomic mass is 32.2. The maximum absolute atomic E-state index is 14.1. The third-order valence-corrected chi connectivity index (χ3v) is 13.2. The van der Waals surface area contributed by atoms with E-state index in [1.807, 2.05) is 12.1 Å². The molecule has 8 rings (SSSR count). The number of carbonyl (C=O) groups excluding carboxylic acids is 4. The van der Waals surface area contributed by atoms with Crippen molar-refractivity contribution in [3.8, 4) is 11.5 Å². The van der Waals surface area contributed by atoms with Gasteiger partial charge in [0.05, 0.1) is 55.0 Å². The number of thioether (sulfide) groups is 1. The number of carbonyl (C=O) groups is 4. The lowest BCUT2D eigenvalue weighted by Crippen LogP contribution is -2.43. The number of morpholine rings is 1. The molecule has 2 aromatic carbocycles. The summed E-state index contributed by atoms with van der Waals surface area (Å²) in [6, 6.07) is 12.1. The first kappa shape index (κ1) is 32.1. The molecule has 2 saturated heterocycles. The van der Waals surface area contributed by atoms with Gasteiger partial charge in [0.15, 0.2) is 18.1 Å². The third kappa shape index (κ3) is 5.26. The smallest absolute Gasteiger partial charge is 0.338 e. The average molecular weight is 706 g/mol. The highest BCUT2D eigenvalue weighted by Crippen LogP contribution is 2.68. The Hall–Kier alpha value is -4.14. The van der Waals surface area contributed by atoms with Crippen molar-refractivity contribution in [3.05, 3.63) is 68.1 Å². The summed E-state index contributed by atoms with van der Waals surface area (Å²) in [4.78, 5) is 72.6. The van der Waals surface area contributed by atoms with E-state index in [9.17, 15) is 24.0 Å². The Morgan fingerprint density at radius 3 is 2.43 bits per heavy atom. The highest BCUT2D eigenvalue weighted by Gasteiger charge is 2.69. The van der Waals surface area contributed by atoms with Crippen molar-refractivity contribution in [2.75, 3.05) is 51.5 Å². The van der Waals surface area contributed by atoms with Gasteiger partial charge in [0.25, 0.3) is 5.91 Å². The van der Waals surface area contributed by atoms with E-state index in [1.165, 1.54) is 16.2 Å². The molecule has 0 radical (unpaired) electrons. The van der Waals surface area contributed by atoms with Crippen LogP contribution in [0.4, 0.5) is 5.69 Å². The number of methoxy groups -OCH3 is 1. The first-order valence-electron chi connectivity index (χ1n) is 16.5. The minimum atomic E-state index is -0.473. The molecule has 4 heterocycles. The second kappa shape index (κ2) is 12.6. The molecule has 3 aliphatic heterocycles. The van der Waals surface area contributed by atoms with Crippen LogP contribution in [0.2, 0.25) is 0 Å². The van der Waals surface area contributed by atoms with Gasteiger partial charge in [-0.15, -0.1) is 11.8 Å². The van der Waals surface area contributed by atoms with Crippen LogP contribution in [0.15, 0.2) is 52.3 Å². The van der Waals surface area contributed by atoms with Crippen LogP contribution < -0.4 is 19.2 Å². The van der Waals surface area contributed by atoms with E-state index in [0.717, 1.165) is 21.9 Å². The third-order valence-electron chi connectivity index (χ3n) is 10.6. The van der Waals surface area contributed by atoms with Crippen LogP contribution in [-0.4, -0.2) is 85.5 Å². The van der Waals surface area contributed by atoms with E-state index >= 15 is 0 Å². The van der Waals surface area contributed by atoms with Crippen molar-refractivity contribution >= 4 is 52.5 Å². The molecule has 14 heteroatoms. The molecule has 256 valence electrons. The topological polar surface area (TPSA) is 145 Å². The summed E-state index contributed by atoms with van der Waals surface area (Å²) in [5.41, 5.74) is 1.72. The second-order valence-corrected chi connectivity index (χ2v) is 15.1. The predicted molar refractivity (Wildman–Crippen MR) is 179 cm³/mol. The summed E-state index contributed by atoms with van der Waals surface area (Å²) in [5, 5.41) is 0.828. The zero-order valence-electron chi connectivity index (χ0n) is 26.9. The van der Waals surface area contributed by atoms with Gasteiger partial charge in [0, 0.05) is 29.1 Å². The molecule has 2 bridgehead atoms. The van der Waals surface area contributed by atoms with Gasteiger partial charge in [-0.1, -0.05) is 17.4 Å². The summed E-state index contributed by atoms with van der Waals surface area (Å²) < 4.78 is 22.1. The molecule has 7 atom stereocenters. The fourth-order valence-corrected chi connectivity index (χ4v) is 11.5. The molecule has 2 aliphatic carbocycles. The van der Waals surface area contributed by atoms with Crippen molar-refractivity contribution in [1.82, 2.24) is 9.88 Å². The number of H-pyrrole nitrogens is 1. The number of fused-ring (bicyclic) bond motifs is 9. The Balaban J connectivity index is 1.08. The van der Waals surface area contributed by atoms with Crippen LogP contribution in [0.3, 0.4) is 0 Å². The fourth-order valence-electron chi connectivity index (χ4n) is 8.65. The lowest BCUT2D eigenvalue weighted by Gasteiger charge is -2.43. The number of hydrogen-bond donors (Lipinski definition) is 1. The molecule has 1 N–H and O–H groups in total. The van der Waals surface area contributed by atoms with Gasteiger partial charge in [-0.3, -0.25) is 24.1 Å². The minimum absolute atomic E-state index is 0.00235. The van der Waals surface area contributed by atoms with E-state index < -0.39 is 17.8 Å². The maximum atomic E-state index is 14.1. The van der Waals surface area contributed by atoms with Gasteiger partial charge < -0.3 is 28.8 Å². The number of rotatable bonds is 8. The Kier molecular flexibility index (Phi) is 8.27. The van der Waals surface area contributed by atoms with Crippen molar-refractivity contribution < 1.29 is 38.1 Å². The Morgan fingerprint density at radius 1 is 0.980 bits per heavy atom. The number of amides is 3. The van der Waals surface area contributed by atoms with E-state index in [1.54, 1.807) is 61.0 Å². The number of ether oxygens (including phenoxy) is 4. The van der Waals surface area contributed by atoms with Crippen molar-refractivity contribution in [3.63, 3.8) is 0 Å². The molecule has 3 aromatic rings. The summed E-state index contributed by atoms with van der Waals surface area (Å²) in [6.07, 6.45) is 0.752. The predicted octanol–water partition coefficient (Wildman–Crippen LogP) is 3.54. The van der Waals surface area contributed by atoms with Crippen molar-refractivity contribution in [1.29, 1.82) is 0 Å². The minimum Gasteiger partial charge on any atom is -0.493 e. The fraction of sp³-hybridized carbons (Fsp3) is 0.457. The number of aromatic amines is 1. The first-order chi connectivity index (χ1) is 23.8. The SMILES string of the molecule is CCOC(=O)c1ccc(N2C(=O)C3C(C2=O)[C@@H]2C[C@H]3C3Sc4[nH]c(=O)sc4[C@H](c4ccc(OCC(=O)N5CCOCC5)c(OC)c4)C32)cc1. The zero-order valence-corrected chi connectivity index (χ0v) is 28.6. The molecule has 12 nitrogen and oxygen atoms in total. The number of hydrogen-bond acceptors (Lipinski definition) is 11. The van der Waals surface area contributed by atoms with Crippen LogP contribution in [0.25, 0.3) is 0 Å². The molecular formula is C35H35N3O9S2. The van der Waals surface area contributed by atoms with Gasteiger partial charge in [-0.25, -0.2) is 4.79 Å². The van der Waals surface area contributed by atoms with Crippen LogP contribution in [0.1, 0.15) is 40.1 Å². The van der Waals surface area contributed by atoms with Crippen molar-refractivity contribution in [2.45, 2.75) is 29.5 Å². The summed E-state index contributed by atoms with van der Waals surface area (Å²) in [5.74, 6) is -1.35. The largest absolute Gasteiger partial charge is 0.493 e. The van der Waals surface area contributed by atoms with Gasteiger partial charge in [-0.2, -0.15) is 0 Å². The van der Waals surface area contributed by atoms with E-state index in [4.69, 9.17) is 18.9 Å². The van der Waals surface area contributed by atoms with Crippen LogP contribution in [-0.2, 0) is 23.9 Å². The lowest BCUT2D eigenvalue weighted by atomic mass is 9.68. The molecule has 4 unspecified atom stereocenters. The number of thiazole rings is 1. The molecular weight excluding hydrogens is 671 g/mol. The Bertz CT molecular complexity index is 1880. The highest BCUT2D eigenvalue weighted by molar-refractivity contribution is 8.00. The number of benzene rings is 2. The molecule has 49 heavy (non-hydrogen) atoms. The number of imide groups is 1. The monoisotopic (exact) mass is 705 g/mol. The first-order valence-corrected chi connectivity index (χ1v) is 18.2. The molecule has 5 aliphatic rings. The van der Waals surface area contributed by atoms with Gasteiger partial charge in [0.2, 0.25) is 11.8 Å². The van der Waals surface area contributed by atoms with Gasteiger partial charge in [-0.05, 0) is 73.1 Å². The Labute approximate surface area is 290 Å². The maximum Gasteiger partial charge on any atom is 0.338 e. The normalized spacial score (nSPS) is 28.2. The van der Waals surface area contributed by atoms with Crippen LogP contribution in [0.5, 0.6) is 11.5 Å². The second-order valence-electron chi connectivity index (χ2n) is 12.9. The quantitative estimate of drug-likeness (QED) is 0.273. The summed E-state index contributed by atoms with van der Waals surface area (Å²) in [7, 11) is 1.55. The number of esters is 1. The summed E-state index contributed by atoms with van der Waals surface area (Å²) >= 11 is 2.80. The average Bonchev–Trinajstić information content (AvgIpc) is 3.86. The van der Waals surface area contributed by atoms with E-state index in [2.05, 4.69) is 4.98 Å². The van der Waals surface area contributed by atoms with Crippen LogP contribution in [0, 0.1) is 29.6 Å². The van der Waals surface area contributed by atoms with Crippen molar-refractivity contribution in [2.24, 2.45) is 29.6 Å². The zero-order chi connectivity index (χ0) is 34.0. The Morgan fingerprint density at radius 2 is 1.71 bits per heavy atom. The summed E-state index contributed by atoms with van der Waals surface area (Å²) in [6.45, 7) is 3.92. The molecule has 4 fully saturated rings.